The summed E-state index contributed by atoms with van der Waals surface area (Å²) >= 11 is 0. The zero-order chi connectivity index (χ0) is 13.4. The maximum atomic E-state index is 2.52. The highest BCUT2D eigenvalue weighted by Crippen LogP contribution is 2.29. The topological polar surface area (TPSA) is 0 Å². The van der Waals surface area contributed by atoms with Gasteiger partial charge in [0.25, 0.3) is 0 Å². The molecule has 0 saturated carbocycles. The van der Waals surface area contributed by atoms with Crippen LogP contribution in [-0.4, -0.2) is 8.07 Å². The molecule has 0 spiro atoms. The molecule has 0 radical (unpaired) electrons. The summed E-state index contributed by atoms with van der Waals surface area (Å²) < 4.78 is 0. The van der Waals surface area contributed by atoms with Crippen molar-refractivity contribution in [2.24, 2.45) is 0 Å². The van der Waals surface area contributed by atoms with Crippen molar-refractivity contribution in [2.75, 3.05) is 0 Å². The summed E-state index contributed by atoms with van der Waals surface area (Å²) in [7, 11) is -1.04. The Morgan fingerprint density at radius 3 is 2.61 bits per heavy atom. The highest BCUT2D eigenvalue weighted by molar-refractivity contribution is 6.78. The van der Waals surface area contributed by atoms with Crippen molar-refractivity contribution in [3.63, 3.8) is 0 Å². The van der Waals surface area contributed by atoms with E-state index in [-0.39, 0.29) is 0 Å². The summed E-state index contributed by atoms with van der Waals surface area (Å²) in [4.78, 5) is 0. The molecule has 0 amide bonds. The molecule has 18 heavy (non-hydrogen) atoms. The molecule has 0 aromatic carbocycles. The molecule has 0 fully saturated rings. The summed E-state index contributed by atoms with van der Waals surface area (Å²) in [6.45, 7) is 9.80. The minimum atomic E-state index is -1.04. The SMILES string of the molecule is CCCCCC(/C=C/CC1=CCC=C1)[Si](C)(C)C. The fraction of sp³-hybridized carbons (Fsp3) is 0.647. The van der Waals surface area contributed by atoms with Crippen LogP contribution in [0.2, 0.25) is 25.2 Å². The van der Waals surface area contributed by atoms with E-state index >= 15 is 0 Å². The van der Waals surface area contributed by atoms with Crippen molar-refractivity contribution in [1.29, 1.82) is 0 Å². The maximum Gasteiger partial charge on any atom is 0.0513 e. The number of allylic oxidation sites excluding steroid dienone is 6. The zero-order valence-electron chi connectivity index (χ0n) is 12.7. The van der Waals surface area contributed by atoms with Gasteiger partial charge in [-0.1, -0.05) is 76.2 Å². The molecule has 1 heteroatoms. The van der Waals surface area contributed by atoms with E-state index < -0.39 is 8.07 Å². The minimum Gasteiger partial charge on any atom is -0.0878 e. The third-order valence-corrected chi connectivity index (χ3v) is 6.51. The Morgan fingerprint density at radius 2 is 2.06 bits per heavy atom. The van der Waals surface area contributed by atoms with Crippen molar-refractivity contribution in [1.82, 2.24) is 0 Å². The first-order valence-corrected chi connectivity index (χ1v) is 11.1. The van der Waals surface area contributed by atoms with Gasteiger partial charge in [-0.05, 0) is 30.4 Å². The molecule has 1 atom stereocenters. The molecular formula is C17H30Si. The van der Waals surface area contributed by atoms with E-state index in [4.69, 9.17) is 0 Å². The lowest BCUT2D eigenvalue weighted by atomic mass is 10.1. The summed E-state index contributed by atoms with van der Waals surface area (Å²) in [5.74, 6) is 0. The first-order chi connectivity index (χ1) is 8.54. The molecule has 0 bridgehead atoms. The highest BCUT2D eigenvalue weighted by atomic mass is 28.3. The average Bonchev–Trinajstić information content (AvgIpc) is 2.78. The first-order valence-electron chi connectivity index (χ1n) is 7.56. The van der Waals surface area contributed by atoms with E-state index in [9.17, 15) is 0 Å². The van der Waals surface area contributed by atoms with Crippen LogP contribution in [0.3, 0.4) is 0 Å². The molecule has 0 aromatic heterocycles. The van der Waals surface area contributed by atoms with E-state index in [1.807, 2.05) is 0 Å². The van der Waals surface area contributed by atoms with Gasteiger partial charge in [-0.25, -0.2) is 0 Å². The van der Waals surface area contributed by atoms with E-state index in [1.165, 1.54) is 31.3 Å². The monoisotopic (exact) mass is 262 g/mol. The van der Waals surface area contributed by atoms with Crippen molar-refractivity contribution in [2.45, 2.75) is 70.6 Å². The Hall–Kier alpha value is -0.563. The molecule has 0 saturated heterocycles. The minimum absolute atomic E-state index is 0.857. The van der Waals surface area contributed by atoms with Crippen LogP contribution < -0.4 is 0 Å². The van der Waals surface area contributed by atoms with Crippen molar-refractivity contribution in [3.8, 4) is 0 Å². The largest absolute Gasteiger partial charge is 0.0878 e. The third-order valence-electron chi connectivity index (χ3n) is 3.80. The molecule has 1 aliphatic rings. The molecular weight excluding hydrogens is 232 g/mol. The molecule has 0 aromatic rings. The van der Waals surface area contributed by atoms with Crippen LogP contribution in [0.4, 0.5) is 0 Å². The van der Waals surface area contributed by atoms with Gasteiger partial charge in [0.1, 0.15) is 0 Å². The predicted octanol–water partition coefficient (Wildman–Crippen LogP) is 6.11. The van der Waals surface area contributed by atoms with Crippen LogP contribution in [0.1, 0.15) is 45.4 Å². The molecule has 1 rings (SSSR count). The fourth-order valence-corrected chi connectivity index (χ4v) is 4.24. The second kappa shape index (κ2) is 7.78. The van der Waals surface area contributed by atoms with Crippen molar-refractivity contribution >= 4 is 8.07 Å². The van der Waals surface area contributed by atoms with Gasteiger partial charge in [0.05, 0.1) is 8.07 Å². The van der Waals surface area contributed by atoms with Crippen LogP contribution >= 0.6 is 0 Å². The molecule has 0 nitrogen and oxygen atoms in total. The first kappa shape index (κ1) is 15.5. The Bertz CT molecular complexity index is 315. The van der Waals surface area contributed by atoms with E-state index in [0.717, 1.165) is 18.4 Å². The second-order valence-electron chi connectivity index (χ2n) is 6.52. The van der Waals surface area contributed by atoms with Crippen LogP contribution in [0, 0.1) is 0 Å². The predicted molar refractivity (Wildman–Crippen MR) is 86.8 cm³/mol. The molecule has 0 aliphatic heterocycles. The number of hydrogen-bond acceptors (Lipinski definition) is 0. The fourth-order valence-electron chi connectivity index (χ4n) is 2.46. The van der Waals surface area contributed by atoms with E-state index in [1.54, 1.807) is 0 Å². The quantitative estimate of drug-likeness (QED) is 0.281. The molecule has 102 valence electrons. The molecule has 1 unspecified atom stereocenters. The lowest BCUT2D eigenvalue weighted by Crippen LogP contribution is -2.26. The van der Waals surface area contributed by atoms with Gasteiger partial charge in [-0.3, -0.25) is 0 Å². The Morgan fingerprint density at radius 1 is 1.28 bits per heavy atom. The van der Waals surface area contributed by atoms with Gasteiger partial charge < -0.3 is 0 Å². The Labute approximate surface area is 115 Å². The van der Waals surface area contributed by atoms with Gasteiger partial charge >= 0.3 is 0 Å². The zero-order valence-corrected chi connectivity index (χ0v) is 13.7. The van der Waals surface area contributed by atoms with Crippen LogP contribution in [0.15, 0.2) is 36.0 Å². The summed E-state index contributed by atoms with van der Waals surface area (Å²) in [6, 6.07) is 0. The third kappa shape index (κ3) is 5.86. The van der Waals surface area contributed by atoms with Crippen LogP contribution in [0.25, 0.3) is 0 Å². The highest BCUT2D eigenvalue weighted by Gasteiger charge is 2.23. The van der Waals surface area contributed by atoms with E-state index in [2.05, 4.69) is 56.9 Å². The summed E-state index contributed by atoms with van der Waals surface area (Å²) in [5, 5.41) is 0. The normalized spacial score (nSPS) is 17.4. The smallest absolute Gasteiger partial charge is 0.0513 e. The van der Waals surface area contributed by atoms with Gasteiger partial charge in [-0.15, -0.1) is 0 Å². The van der Waals surface area contributed by atoms with Crippen LogP contribution in [-0.2, 0) is 0 Å². The van der Waals surface area contributed by atoms with Gasteiger partial charge in [0.2, 0.25) is 0 Å². The van der Waals surface area contributed by atoms with Gasteiger partial charge in [-0.2, -0.15) is 0 Å². The standard InChI is InChI=1S/C17H30Si/c1-5-6-7-14-17(18(2,3)4)15-10-13-16-11-8-9-12-16/h8,10-12,15,17H,5-7,9,13-14H2,1-4H3/b15-10+. The number of hydrogen-bond donors (Lipinski definition) is 0. The lowest BCUT2D eigenvalue weighted by Gasteiger charge is -2.26. The Kier molecular flexibility index (Phi) is 6.70. The Balaban J connectivity index is 2.44. The van der Waals surface area contributed by atoms with Crippen LogP contribution in [0.5, 0.6) is 0 Å². The van der Waals surface area contributed by atoms with E-state index in [0.29, 0.717) is 0 Å². The lowest BCUT2D eigenvalue weighted by molar-refractivity contribution is 0.665. The summed E-state index contributed by atoms with van der Waals surface area (Å²) in [5.41, 5.74) is 2.35. The number of unbranched alkanes of at least 4 members (excludes halogenated alkanes) is 2. The molecule has 1 aliphatic carbocycles. The van der Waals surface area contributed by atoms with Crippen molar-refractivity contribution in [3.05, 3.63) is 36.0 Å². The van der Waals surface area contributed by atoms with Gasteiger partial charge in [0, 0.05) is 0 Å². The summed E-state index contributed by atoms with van der Waals surface area (Å²) in [6.07, 6.45) is 19.6. The number of rotatable bonds is 8. The van der Waals surface area contributed by atoms with Gasteiger partial charge in [0.15, 0.2) is 0 Å². The maximum absolute atomic E-state index is 2.52. The van der Waals surface area contributed by atoms with Crippen molar-refractivity contribution < 1.29 is 0 Å². The average molecular weight is 263 g/mol. The molecule has 0 N–H and O–H groups in total. The molecule has 0 heterocycles. The second-order valence-corrected chi connectivity index (χ2v) is 12.0.